The van der Waals surface area contributed by atoms with Crippen LogP contribution in [-0.2, 0) is 5.75 Å². The van der Waals surface area contributed by atoms with Crippen LogP contribution in [0.4, 0.5) is 0 Å². The quantitative estimate of drug-likeness (QED) is 0.547. The molecule has 104 valence electrons. The third-order valence-corrected chi connectivity index (χ3v) is 3.25. The number of rotatable bonds is 2. The molecule has 0 bridgehead atoms. The third-order valence-electron chi connectivity index (χ3n) is 2.45. The summed E-state index contributed by atoms with van der Waals surface area (Å²) in [7, 11) is 0. The Morgan fingerprint density at radius 1 is 1.50 bits per heavy atom. The molecular weight excluding hydrogens is 276 g/mol. The van der Waals surface area contributed by atoms with E-state index in [2.05, 4.69) is 9.98 Å². The molecule has 2 rings (SSSR count). The molecule has 0 spiro atoms. The van der Waals surface area contributed by atoms with Gasteiger partial charge in [0.15, 0.2) is 11.1 Å². The summed E-state index contributed by atoms with van der Waals surface area (Å²) in [6.45, 7) is 1.91. The molecule has 0 aromatic carbocycles. The molecule has 0 saturated heterocycles. The van der Waals surface area contributed by atoms with Gasteiger partial charge in [0, 0.05) is 18.0 Å². The van der Waals surface area contributed by atoms with Gasteiger partial charge in [0.2, 0.25) is 0 Å². The predicted molar refractivity (Wildman–Crippen MR) is 81.0 cm³/mol. The number of aromatic nitrogens is 2. The Labute approximate surface area is 119 Å². The van der Waals surface area contributed by atoms with E-state index in [1.165, 1.54) is 10.5 Å². The van der Waals surface area contributed by atoms with Gasteiger partial charge < -0.3 is 11.5 Å². The molecule has 8 heteroatoms. The van der Waals surface area contributed by atoms with E-state index in [1.807, 2.05) is 13.0 Å². The molecular formula is C12H14N6OS. The van der Waals surface area contributed by atoms with Gasteiger partial charge in [0.05, 0.1) is 5.69 Å². The summed E-state index contributed by atoms with van der Waals surface area (Å²) in [4.78, 5) is 19.9. The van der Waals surface area contributed by atoms with Crippen molar-refractivity contribution in [1.82, 2.24) is 9.38 Å². The van der Waals surface area contributed by atoms with E-state index in [4.69, 9.17) is 16.9 Å². The zero-order chi connectivity index (χ0) is 14.7. The maximum atomic E-state index is 12.0. The van der Waals surface area contributed by atoms with Crippen LogP contribution in [0.1, 0.15) is 11.3 Å². The van der Waals surface area contributed by atoms with Crippen LogP contribution >= 0.6 is 11.8 Å². The standard InChI is InChI=1S/C12H14N6OS/c1-7-2-3-9-16-8(4-10(19)18(9)5-7)6-20-12(15)17-11(13)14/h2-5H,6H2,1H3,(H5,13,14,15,17). The third kappa shape index (κ3) is 3.35. The number of aliphatic imine (C=N–C) groups is 1. The predicted octanol–water partition coefficient (Wildman–Crippen LogP) is 0.444. The largest absolute Gasteiger partial charge is 0.370 e. The number of guanidine groups is 1. The van der Waals surface area contributed by atoms with Crippen LogP contribution in [0.3, 0.4) is 0 Å². The average Bonchev–Trinajstić information content (AvgIpc) is 2.36. The molecule has 5 N–H and O–H groups in total. The highest BCUT2D eigenvalue weighted by Crippen LogP contribution is 2.12. The highest BCUT2D eigenvalue weighted by Gasteiger charge is 2.04. The number of fused-ring (bicyclic) bond motifs is 1. The summed E-state index contributed by atoms with van der Waals surface area (Å²) in [6.07, 6.45) is 1.74. The first-order valence-electron chi connectivity index (χ1n) is 5.75. The molecule has 2 aromatic rings. The summed E-state index contributed by atoms with van der Waals surface area (Å²) in [5.41, 5.74) is 12.4. The molecule has 0 aliphatic heterocycles. The number of nitrogens with two attached hydrogens (primary N) is 2. The van der Waals surface area contributed by atoms with Crippen LogP contribution in [0, 0.1) is 12.3 Å². The Hall–Kier alpha value is -2.35. The molecule has 0 aliphatic rings. The van der Waals surface area contributed by atoms with Gasteiger partial charge in [0.25, 0.3) is 5.56 Å². The number of amidine groups is 1. The second-order valence-electron chi connectivity index (χ2n) is 4.15. The summed E-state index contributed by atoms with van der Waals surface area (Å²) in [5, 5.41) is 7.50. The zero-order valence-corrected chi connectivity index (χ0v) is 11.6. The molecule has 0 radical (unpaired) electrons. The Morgan fingerprint density at radius 2 is 2.25 bits per heavy atom. The minimum absolute atomic E-state index is 0.0177. The van der Waals surface area contributed by atoms with Crippen molar-refractivity contribution in [3.63, 3.8) is 0 Å². The minimum atomic E-state index is -0.162. The lowest BCUT2D eigenvalue weighted by Gasteiger charge is -2.04. The van der Waals surface area contributed by atoms with Gasteiger partial charge in [-0.3, -0.25) is 14.6 Å². The van der Waals surface area contributed by atoms with Gasteiger partial charge in [0.1, 0.15) is 5.65 Å². The molecule has 20 heavy (non-hydrogen) atoms. The molecule has 0 unspecified atom stereocenters. The smallest absolute Gasteiger partial charge is 0.258 e. The SMILES string of the molecule is Cc1ccc2nc(CSC(=N)N=C(N)N)cc(=O)n2c1. The van der Waals surface area contributed by atoms with Crippen molar-refractivity contribution in [2.75, 3.05) is 0 Å². The van der Waals surface area contributed by atoms with Crippen molar-refractivity contribution >= 4 is 28.5 Å². The fraction of sp³-hybridized carbons (Fsp3) is 0.167. The first-order valence-corrected chi connectivity index (χ1v) is 6.74. The number of hydrogen-bond acceptors (Lipinski definition) is 4. The maximum Gasteiger partial charge on any atom is 0.258 e. The lowest BCUT2D eigenvalue weighted by atomic mass is 10.3. The van der Waals surface area contributed by atoms with Gasteiger partial charge in [-0.15, -0.1) is 0 Å². The Bertz CT molecular complexity index is 747. The normalized spacial score (nSPS) is 10.4. The molecule has 0 fully saturated rings. The van der Waals surface area contributed by atoms with Crippen LogP contribution in [0.15, 0.2) is 34.2 Å². The van der Waals surface area contributed by atoms with E-state index in [-0.39, 0.29) is 16.7 Å². The van der Waals surface area contributed by atoms with Gasteiger partial charge >= 0.3 is 0 Å². The van der Waals surface area contributed by atoms with Crippen LogP contribution in [-0.4, -0.2) is 20.5 Å². The van der Waals surface area contributed by atoms with Crippen LogP contribution in [0.5, 0.6) is 0 Å². The van der Waals surface area contributed by atoms with Gasteiger partial charge in [-0.25, -0.2) is 4.98 Å². The highest BCUT2D eigenvalue weighted by molar-refractivity contribution is 8.13. The fourth-order valence-electron chi connectivity index (χ4n) is 1.62. The van der Waals surface area contributed by atoms with Crippen molar-refractivity contribution in [2.24, 2.45) is 16.5 Å². The van der Waals surface area contributed by atoms with Crippen molar-refractivity contribution in [1.29, 1.82) is 5.41 Å². The number of aryl methyl sites for hydroxylation is 1. The number of pyridine rings is 1. The lowest BCUT2D eigenvalue weighted by Crippen LogP contribution is -2.23. The molecule has 0 aliphatic carbocycles. The maximum absolute atomic E-state index is 12.0. The van der Waals surface area contributed by atoms with Crippen LogP contribution in [0.25, 0.3) is 5.65 Å². The Morgan fingerprint density at radius 3 is 2.95 bits per heavy atom. The van der Waals surface area contributed by atoms with Crippen LogP contribution in [0.2, 0.25) is 0 Å². The topological polar surface area (TPSA) is 123 Å². The number of hydrogen-bond donors (Lipinski definition) is 3. The van der Waals surface area contributed by atoms with Crippen molar-refractivity contribution in [3.05, 3.63) is 46.0 Å². The first kappa shape index (κ1) is 14.1. The van der Waals surface area contributed by atoms with Gasteiger partial charge in [-0.05, 0) is 18.6 Å². The molecule has 0 amide bonds. The van der Waals surface area contributed by atoms with E-state index in [1.54, 1.807) is 12.3 Å². The van der Waals surface area contributed by atoms with Crippen LogP contribution < -0.4 is 17.0 Å². The summed E-state index contributed by atoms with van der Waals surface area (Å²) in [6, 6.07) is 5.12. The second-order valence-corrected chi connectivity index (χ2v) is 5.11. The zero-order valence-electron chi connectivity index (χ0n) is 10.8. The van der Waals surface area contributed by atoms with Gasteiger partial charge in [-0.1, -0.05) is 17.8 Å². The van der Waals surface area contributed by atoms with E-state index in [0.717, 1.165) is 17.3 Å². The second kappa shape index (κ2) is 5.74. The minimum Gasteiger partial charge on any atom is -0.370 e. The Kier molecular flexibility index (Phi) is 4.04. The molecule has 2 aromatic heterocycles. The number of thioether (sulfide) groups is 1. The van der Waals surface area contributed by atoms with Crippen molar-refractivity contribution in [3.8, 4) is 0 Å². The monoisotopic (exact) mass is 290 g/mol. The summed E-state index contributed by atoms with van der Waals surface area (Å²) >= 11 is 1.10. The molecule has 0 atom stereocenters. The molecule has 7 nitrogen and oxygen atoms in total. The fourth-order valence-corrected chi connectivity index (χ4v) is 2.23. The molecule has 2 heterocycles. The Balaban J connectivity index is 2.24. The van der Waals surface area contributed by atoms with E-state index in [0.29, 0.717) is 17.1 Å². The van der Waals surface area contributed by atoms with E-state index < -0.39 is 0 Å². The van der Waals surface area contributed by atoms with E-state index in [9.17, 15) is 4.79 Å². The average molecular weight is 290 g/mol. The number of nitrogens with one attached hydrogen (secondary N) is 1. The van der Waals surface area contributed by atoms with E-state index >= 15 is 0 Å². The van der Waals surface area contributed by atoms with Crippen molar-refractivity contribution < 1.29 is 0 Å². The van der Waals surface area contributed by atoms with Crippen molar-refractivity contribution in [2.45, 2.75) is 12.7 Å². The number of nitrogens with zero attached hydrogens (tertiary/aromatic N) is 3. The molecule has 0 saturated carbocycles. The lowest BCUT2D eigenvalue weighted by molar-refractivity contribution is 1.00. The first-order chi connectivity index (χ1) is 9.45. The van der Waals surface area contributed by atoms with Gasteiger partial charge in [-0.2, -0.15) is 4.99 Å². The summed E-state index contributed by atoms with van der Waals surface area (Å²) in [5.74, 6) is 0.194. The summed E-state index contributed by atoms with van der Waals surface area (Å²) < 4.78 is 1.49. The highest BCUT2D eigenvalue weighted by atomic mass is 32.2.